The Morgan fingerprint density at radius 1 is 0.970 bits per heavy atom. The van der Waals surface area contributed by atoms with Gasteiger partial charge in [0.15, 0.2) is 0 Å². The Kier molecular flexibility index (Phi) is 6.39. The van der Waals surface area contributed by atoms with Gasteiger partial charge in [0.2, 0.25) is 0 Å². The molecule has 33 heavy (non-hydrogen) atoms. The number of nitrogens with one attached hydrogen (secondary N) is 1. The molecule has 0 atom stereocenters. The lowest BCUT2D eigenvalue weighted by molar-refractivity contribution is 0.0600. The number of amides is 1. The molecule has 1 amide bonds. The summed E-state index contributed by atoms with van der Waals surface area (Å²) in [6.45, 7) is 0.984. The lowest BCUT2D eigenvalue weighted by Gasteiger charge is -2.41. The first kappa shape index (κ1) is 22.1. The number of methoxy groups -OCH3 is 3. The van der Waals surface area contributed by atoms with Gasteiger partial charge in [-0.3, -0.25) is 5.32 Å². The Labute approximate surface area is 191 Å². The van der Waals surface area contributed by atoms with Crippen molar-refractivity contribution in [3.8, 4) is 17.2 Å². The van der Waals surface area contributed by atoms with E-state index in [9.17, 15) is 9.59 Å². The number of aromatic nitrogens is 1. The van der Waals surface area contributed by atoms with Crippen molar-refractivity contribution in [2.45, 2.75) is 6.10 Å². The molecule has 1 aliphatic heterocycles. The average molecular weight is 451 g/mol. The van der Waals surface area contributed by atoms with Crippen LogP contribution in [0.2, 0.25) is 0 Å². The molecular formula is C24H25N3O6. The van der Waals surface area contributed by atoms with Crippen LogP contribution >= 0.6 is 0 Å². The highest BCUT2D eigenvalue weighted by Gasteiger charge is 2.33. The summed E-state index contributed by atoms with van der Waals surface area (Å²) in [4.78, 5) is 26.8. The number of para-hydroxylation sites is 1. The molecule has 1 saturated heterocycles. The Morgan fingerprint density at radius 3 is 2.39 bits per heavy atom. The van der Waals surface area contributed by atoms with Crippen LogP contribution in [0.4, 0.5) is 16.2 Å². The van der Waals surface area contributed by atoms with Gasteiger partial charge in [-0.2, -0.15) is 0 Å². The van der Waals surface area contributed by atoms with Gasteiger partial charge in [0.05, 0.1) is 57.0 Å². The topological polar surface area (TPSA) is 91.3 Å². The normalized spacial score (nSPS) is 13.1. The molecule has 2 aromatic carbocycles. The van der Waals surface area contributed by atoms with Crippen molar-refractivity contribution in [1.82, 2.24) is 4.57 Å². The number of benzene rings is 2. The van der Waals surface area contributed by atoms with Crippen molar-refractivity contribution in [3.05, 3.63) is 66.5 Å². The number of nitrogens with zero attached hydrogens (tertiary/aromatic N) is 2. The maximum Gasteiger partial charge on any atom is 0.412 e. The van der Waals surface area contributed by atoms with Gasteiger partial charge in [-0.1, -0.05) is 6.07 Å². The first-order valence-electron chi connectivity index (χ1n) is 10.3. The quantitative estimate of drug-likeness (QED) is 0.548. The SMILES string of the molecule is COC(=O)c1cccc(N2CC(OC(=O)Nc3ccc(OC)cc3OC)C2)c1-n1cccc1. The maximum absolute atomic E-state index is 12.4. The highest BCUT2D eigenvalue weighted by molar-refractivity contribution is 5.96. The Morgan fingerprint density at radius 2 is 1.73 bits per heavy atom. The predicted molar refractivity (Wildman–Crippen MR) is 123 cm³/mol. The second-order valence-corrected chi connectivity index (χ2v) is 7.38. The van der Waals surface area contributed by atoms with E-state index in [2.05, 4.69) is 5.32 Å². The molecule has 2 heterocycles. The van der Waals surface area contributed by atoms with Crippen LogP contribution in [-0.2, 0) is 9.47 Å². The zero-order valence-corrected chi connectivity index (χ0v) is 18.6. The molecule has 0 bridgehead atoms. The first-order valence-corrected chi connectivity index (χ1v) is 10.3. The summed E-state index contributed by atoms with van der Waals surface area (Å²) >= 11 is 0. The van der Waals surface area contributed by atoms with Gasteiger partial charge in [-0.05, 0) is 36.4 Å². The first-order chi connectivity index (χ1) is 16.0. The van der Waals surface area contributed by atoms with E-state index in [4.69, 9.17) is 18.9 Å². The van der Waals surface area contributed by atoms with Gasteiger partial charge in [0.25, 0.3) is 0 Å². The largest absolute Gasteiger partial charge is 0.497 e. The van der Waals surface area contributed by atoms with E-state index in [-0.39, 0.29) is 6.10 Å². The van der Waals surface area contributed by atoms with E-state index >= 15 is 0 Å². The van der Waals surface area contributed by atoms with Crippen LogP contribution in [0.25, 0.3) is 5.69 Å². The molecule has 1 fully saturated rings. The summed E-state index contributed by atoms with van der Waals surface area (Å²) in [5.41, 5.74) is 2.52. The minimum atomic E-state index is -0.572. The second-order valence-electron chi connectivity index (χ2n) is 7.38. The molecule has 0 radical (unpaired) electrons. The van der Waals surface area contributed by atoms with Crippen molar-refractivity contribution in [1.29, 1.82) is 0 Å². The van der Waals surface area contributed by atoms with Gasteiger partial charge in [-0.15, -0.1) is 0 Å². The van der Waals surface area contributed by atoms with Crippen molar-refractivity contribution < 1.29 is 28.5 Å². The van der Waals surface area contributed by atoms with Gasteiger partial charge in [0, 0.05) is 18.5 Å². The molecule has 1 aliphatic rings. The standard InChI is InChI=1S/C24H25N3O6/c1-30-16-9-10-19(21(13-16)31-2)25-24(29)33-17-14-27(15-17)20-8-6-7-18(23(28)32-3)22(20)26-11-4-5-12-26/h4-13,17H,14-15H2,1-3H3,(H,25,29). The van der Waals surface area contributed by atoms with Gasteiger partial charge in [0.1, 0.15) is 17.6 Å². The summed E-state index contributed by atoms with van der Waals surface area (Å²) in [6.07, 6.45) is 2.87. The predicted octanol–water partition coefficient (Wildman–Crippen LogP) is 3.72. The lowest BCUT2D eigenvalue weighted by Crippen LogP contribution is -2.53. The van der Waals surface area contributed by atoms with E-state index in [0.29, 0.717) is 35.8 Å². The highest BCUT2D eigenvalue weighted by Crippen LogP contribution is 2.33. The smallest absolute Gasteiger partial charge is 0.412 e. The fourth-order valence-corrected chi connectivity index (χ4v) is 3.72. The summed E-state index contributed by atoms with van der Waals surface area (Å²) in [5.74, 6) is 0.673. The summed E-state index contributed by atoms with van der Waals surface area (Å²) < 4.78 is 22.8. The average Bonchev–Trinajstić information content (AvgIpc) is 3.35. The van der Waals surface area contributed by atoms with Crippen molar-refractivity contribution in [3.63, 3.8) is 0 Å². The molecule has 0 unspecified atom stereocenters. The zero-order valence-electron chi connectivity index (χ0n) is 18.6. The highest BCUT2D eigenvalue weighted by atomic mass is 16.6. The third-order valence-corrected chi connectivity index (χ3v) is 5.39. The van der Waals surface area contributed by atoms with Crippen LogP contribution in [0.1, 0.15) is 10.4 Å². The third-order valence-electron chi connectivity index (χ3n) is 5.39. The van der Waals surface area contributed by atoms with Crippen molar-refractivity contribution in [2.24, 2.45) is 0 Å². The minimum absolute atomic E-state index is 0.298. The number of hydrogen-bond donors (Lipinski definition) is 1. The second kappa shape index (κ2) is 9.56. The molecule has 4 rings (SSSR count). The molecule has 1 aromatic heterocycles. The number of hydrogen-bond acceptors (Lipinski definition) is 7. The minimum Gasteiger partial charge on any atom is -0.497 e. The molecule has 172 valence electrons. The zero-order chi connectivity index (χ0) is 23.4. The van der Waals surface area contributed by atoms with Crippen LogP contribution in [0.5, 0.6) is 11.5 Å². The van der Waals surface area contributed by atoms with Crippen LogP contribution in [-0.4, -0.2) is 57.2 Å². The number of esters is 1. The molecular weight excluding hydrogens is 426 g/mol. The van der Waals surface area contributed by atoms with E-state index in [1.54, 1.807) is 31.4 Å². The molecule has 1 N–H and O–H groups in total. The van der Waals surface area contributed by atoms with Gasteiger partial charge in [-0.25, -0.2) is 9.59 Å². The Bertz CT molecular complexity index is 1140. The number of ether oxygens (including phenoxy) is 4. The number of carbonyl (C=O) groups excluding carboxylic acids is 2. The van der Waals surface area contributed by atoms with Crippen LogP contribution in [0, 0.1) is 0 Å². The van der Waals surface area contributed by atoms with Crippen LogP contribution in [0.3, 0.4) is 0 Å². The van der Waals surface area contributed by atoms with Crippen molar-refractivity contribution in [2.75, 3.05) is 44.6 Å². The monoisotopic (exact) mass is 451 g/mol. The van der Waals surface area contributed by atoms with Gasteiger partial charge >= 0.3 is 12.1 Å². The van der Waals surface area contributed by atoms with Gasteiger partial charge < -0.3 is 28.4 Å². The molecule has 0 saturated carbocycles. The van der Waals surface area contributed by atoms with E-state index in [1.807, 2.05) is 46.1 Å². The lowest BCUT2D eigenvalue weighted by atomic mass is 10.1. The molecule has 0 spiro atoms. The summed E-state index contributed by atoms with van der Waals surface area (Å²) in [5, 5.41) is 2.71. The fraction of sp³-hybridized carbons (Fsp3) is 0.250. The van der Waals surface area contributed by atoms with Crippen LogP contribution in [0.15, 0.2) is 60.9 Å². The molecule has 0 aliphatic carbocycles. The number of anilines is 2. The van der Waals surface area contributed by atoms with E-state index < -0.39 is 12.1 Å². The summed E-state index contributed by atoms with van der Waals surface area (Å²) in [6, 6.07) is 14.3. The number of rotatable bonds is 7. The fourth-order valence-electron chi connectivity index (χ4n) is 3.72. The summed E-state index contributed by atoms with van der Waals surface area (Å²) in [7, 11) is 4.43. The van der Waals surface area contributed by atoms with E-state index in [1.165, 1.54) is 14.2 Å². The van der Waals surface area contributed by atoms with Crippen LogP contribution < -0.4 is 19.7 Å². The third kappa shape index (κ3) is 4.57. The Hall–Kier alpha value is -4.14. The molecule has 9 heteroatoms. The van der Waals surface area contributed by atoms with E-state index in [0.717, 1.165) is 11.4 Å². The molecule has 3 aromatic rings. The number of carbonyl (C=O) groups is 2. The molecule has 9 nitrogen and oxygen atoms in total. The van der Waals surface area contributed by atoms with Crippen molar-refractivity contribution >= 4 is 23.4 Å². The maximum atomic E-state index is 12.4. The Balaban J connectivity index is 1.44.